The van der Waals surface area contributed by atoms with Crippen molar-refractivity contribution in [3.8, 4) is 0 Å². The summed E-state index contributed by atoms with van der Waals surface area (Å²) in [6, 6.07) is 0. The van der Waals surface area contributed by atoms with Crippen molar-refractivity contribution in [1.82, 2.24) is 0 Å². The zero-order valence-electron chi connectivity index (χ0n) is 14.4. The lowest BCUT2D eigenvalue weighted by Crippen LogP contribution is -2.34. The van der Waals surface area contributed by atoms with Crippen molar-refractivity contribution in [3.05, 3.63) is 47.6 Å². The van der Waals surface area contributed by atoms with Gasteiger partial charge in [0.2, 0.25) is 0 Å². The second-order valence-electron chi connectivity index (χ2n) is 6.40. The van der Waals surface area contributed by atoms with Gasteiger partial charge in [0.1, 0.15) is 12.2 Å². The van der Waals surface area contributed by atoms with Crippen LogP contribution >= 0.6 is 0 Å². The summed E-state index contributed by atoms with van der Waals surface area (Å²) in [4.78, 5) is 24.1. The van der Waals surface area contributed by atoms with Crippen LogP contribution in [0.15, 0.2) is 47.6 Å². The molecule has 2 aliphatic rings. The molecule has 0 spiro atoms. The van der Waals surface area contributed by atoms with Crippen molar-refractivity contribution in [2.75, 3.05) is 13.2 Å². The lowest BCUT2D eigenvalue weighted by atomic mass is 9.85. The van der Waals surface area contributed by atoms with Crippen LogP contribution in [0.1, 0.15) is 26.2 Å². The van der Waals surface area contributed by atoms with Gasteiger partial charge in [0.25, 0.3) is 0 Å². The molecule has 0 radical (unpaired) electrons. The molecule has 136 valence electrons. The highest BCUT2D eigenvalue weighted by Crippen LogP contribution is 2.36. The Hall–Kier alpha value is -2.18. The highest BCUT2D eigenvalue weighted by molar-refractivity contribution is 5.92. The maximum absolute atomic E-state index is 12.1. The van der Waals surface area contributed by atoms with E-state index in [0.717, 1.165) is 17.6 Å². The minimum atomic E-state index is -0.713. The number of aliphatic hydroxyl groups excluding tert-OH is 2. The molecule has 2 rings (SSSR count). The van der Waals surface area contributed by atoms with Gasteiger partial charge in [-0.05, 0) is 31.4 Å². The topological polar surface area (TPSA) is 93.1 Å². The van der Waals surface area contributed by atoms with Crippen LogP contribution in [-0.2, 0) is 19.1 Å². The largest absolute Gasteiger partial charge is 0.458 e. The van der Waals surface area contributed by atoms with Gasteiger partial charge in [-0.25, -0.2) is 9.59 Å². The molecule has 0 aromatic carbocycles. The Morgan fingerprint density at radius 2 is 2.16 bits per heavy atom. The first-order valence-corrected chi connectivity index (χ1v) is 8.22. The standard InChI is InChI=1S/C19H24O6/c1-11-5-4-6-14(10-21)8-16-17(13(3)19(23)25-16)15(7-11)24-18(22)12(2)9-20/h5,8,15-17,20-21H,2-4,6-7,9-10H2,1H3/b11-5+,14-8-/t15-,16-,17+/m0/s1. The number of fused-ring (bicyclic) bond motifs is 1. The van der Waals surface area contributed by atoms with E-state index in [1.54, 1.807) is 6.08 Å². The van der Waals surface area contributed by atoms with Crippen molar-refractivity contribution >= 4 is 11.9 Å². The third-order valence-electron chi connectivity index (χ3n) is 4.48. The minimum absolute atomic E-state index is 0.0577. The predicted octanol–water partition coefficient (Wildman–Crippen LogP) is 1.59. The monoisotopic (exact) mass is 348 g/mol. The van der Waals surface area contributed by atoms with Crippen molar-refractivity contribution in [3.63, 3.8) is 0 Å². The molecule has 25 heavy (non-hydrogen) atoms. The molecule has 3 atom stereocenters. The molecule has 6 heteroatoms. The van der Waals surface area contributed by atoms with E-state index in [2.05, 4.69) is 13.2 Å². The van der Waals surface area contributed by atoms with E-state index in [0.29, 0.717) is 12.8 Å². The number of esters is 2. The van der Waals surface area contributed by atoms with Crippen LogP contribution in [0, 0.1) is 5.92 Å². The summed E-state index contributed by atoms with van der Waals surface area (Å²) >= 11 is 0. The van der Waals surface area contributed by atoms with Gasteiger partial charge < -0.3 is 19.7 Å². The average Bonchev–Trinajstić information content (AvgIpc) is 2.86. The van der Waals surface area contributed by atoms with E-state index in [9.17, 15) is 14.7 Å². The molecule has 0 amide bonds. The maximum Gasteiger partial charge on any atom is 0.336 e. The Morgan fingerprint density at radius 3 is 2.80 bits per heavy atom. The van der Waals surface area contributed by atoms with Crippen molar-refractivity contribution in [2.24, 2.45) is 5.92 Å². The summed E-state index contributed by atoms with van der Waals surface area (Å²) in [5.41, 5.74) is 1.93. The fourth-order valence-electron chi connectivity index (χ4n) is 3.06. The minimum Gasteiger partial charge on any atom is -0.458 e. The molecule has 6 nitrogen and oxygen atoms in total. The summed E-state index contributed by atoms with van der Waals surface area (Å²) in [5.74, 6) is -1.80. The van der Waals surface area contributed by atoms with Crippen molar-refractivity contribution in [2.45, 2.75) is 38.4 Å². The van der Waals surface area contributed by atoms with Crippen LogP contribution in [0.2, 0.25) is 0 Å². The highest BCUT2D eigenvalue weighted by atomic mass is 16.6. The summed E-state index contributed by atoms with van der Waals surface area (Å²) in [6.45, 7) is 8.55. The molecule has 0 saturated carbocycles. The van der Waals surface area contributed by atoms with Crippen LogP contribution < -0.4 is 0 Å². The molecule has 0 bridgehead atoms. The molecule has 0 unspecified atom stereocenters. The first-order valence-electron chi connectivity index (χ1n) is 8.22. The van der Waals surface area contributed by atoms with E-state index in [4.69, 9.17) is 14.6 Å². The second kappa shape index (κ2) is 8.27. The van der Waals surface area contributed by atoms with Gasteiger partial charge in [-0.2, -0.15) is 0 Å². The van der Waals surface area contributed by atoms with Crippen LogP contribution in [0.4, 0.5) is 0 Å². The van der Waals surface area contributed by atoms with Gasteiger partial charge in [-0.1, -0.05) is 24.8 Å². The number of ether oxygens (including phenoxy) is 2. The van der Waals surface area contributed by atoms with Crippen molar-refractivity contribution in [1.29, 1.82) is 0 Å². The third kappa shape index (κ3) is 4.46. The molecule has 1 heterocycles. The van der Waals surface area contributed by atoms with E-state index < -0.39 is 36.7 Å². The number of allylic oxidation sites excluding steroid dienone is 1. The summed E-state index contributed by atoms with van der Waals surface area (Å²) in [5, 5.41) is 18.6. The number of aliphatic hydroxyl groups is 2. The summed E-state index contributed by atoms with van der Waals surface area (Å²) in [6.07, 6.45) is 4.23. The third-order valence-corrected chi connectivity index (χ3v) is 4.48. The van der Waals surface area contributed by atoms with E-state index >= 15 is 0 Å². The molecule has 0 aromatic heterocycles. The fraction of sp³-hybridized carbons (Fsp3) is 0.474. The lowest BCUT2D eigenvalue weighted by molar-refractivity contribution is -0.147. The molecular weight excluding hydrogens is 324 g/mol. The molecule has 2 N–H and O–H groups in total. The first kappa shape index (κ1) is 19.1. The molecule has 1 fully saturated rings. The Balaban J connectivity index is 2.38. The van der Waals surface area contributed by atoms with Crippen LogP contribution in [0.5, 0.6) is 0 Å². The Morgan fingerprint density at radius 1 is 1.44 bits per heavy atom. The van der Waals surface area contributed by atoms with Gasteiger partial charge in [0, 0.05) is 12.0 Å². The second-order valence-corrected chi connectivity index (χ2v) is 6.40. The lowest BCUT2D eigenvalue weighted by Gasteiger charge is -2.27. The smallest absolute Gasteiger partial charge is 0.336 e. The highest BCUT2D eigenvalue weighted by Gasteiger charge is 2.44. The summed E-state index contributed by atoms with van der Waals surface area (Å²) in [7, 11) is 0. The fourth-order valence-corrected chi connectivity index (χ4v) is 3.06. The molecular formula is C19H24O6. The average molecular weight is 348 g/mol. The van der Waals surface area contributed by atoms with E-state index in [1.165, 1.54) is 0 Å². The molecule has 1 aliphatic carbocycles. The molecule has 1 aliphatic heterocycles. The normalized spacial score (nSPS) is 31.1. The Kier molecular flexibility index (Phi) is 6.33. The van der Waals surface area contributed by atoms with Crippen LogP contribution in [0.25, 0.3) is 0 Å². The van der Waals surface area contributed by atoms with Gasteiger partial charge in [-0.3, -0.25) is 0 Å². The predicted molar refractivity (Wildman–Crippen MR) is 91.4 cm³/mol. The van der Waals surface area contributed by atoms with Gasteiger partial charge in [0.15, 0.2) is 0 Å². The van der Waals surface area contributed by atoms with Crippen LogP contribution in [0.3, 0.4) is 0 Å². The van der Waals surface area contributed by atoms with Gasteiger partial charge in [0.05, 0.1) is 24.7 Å². The zero-order chi connectivity index (χ0) is 18.6. The summed E-state index contributed by atoms with van der Waals surface area (Å²) < 4.78 is 10.9. The first-order chi connectivity index (χ1) is 11.9. The van der Waals surface area contributed by atoms with Crippen molar-refractivity contribution < 1.29 is 29.3 Å². The van der Waals surface area contributed by atoms with Crippen LogP contribution in [-0.4, -0.2) is 47.6 Å². The number of rotatable bonds is 4. The zero-order valence-corrected chi connectivity index (χ0v) is 14.4. The Labute approximate surface area is 147 Å². The number of carbonyl (C=O) groups is 2. The number of hydrogen-bond donors (Lipinski definition) is 2. The Bertz CT molecular complexity index is 642. The molecule has 0 aromatic rings. The number of hydrogen-bond acceptors (Lipinski definition) is 6. The maximum atomic E-state index is 12.1. The number of carbonyl (C=O) groups excluding carboxylic acids is 2. The quantitative estimate of drug-likeness (QED) is 0.455. The van der Waals surface area contributed by atoms with Gasteiger partial charge >= 0.3 is 11.9 Å². The van der Waals surface area contributed by atoms with E-state index in [1.807, 2.05) is 13.0 Å². The molecule has 1 saturated heterocycles. The van der Waals surface area contributed by atoms with E-state index in [-0.39, 0.29) is 17.8 Å². The van der Waals surface area contributed by atoms with Gasteiger partial charge in [-0.15, -0.1) is 0 Å². The SMILES string of the molecule is C=C(CO)C(=O)O[C@H]1C/C(C)=C/CC/C(CO)=C/[C@@H]2OC(=O)C(=C)[C@@H]21.